The van der Waals surface area contributed by atoms with Crippen LogP contribution in [0.5, 0.6) is 5.75 Å². The summed E-state index contributed by atoms with van der Waals surface area (Å²) in [7, 11) is 3.41. The van der Waals surface area contributed by atoms with Crippen molar-refractivity contribution in [2.24, 2.45) is 5.73 Å². The molecule has 0 aliphatic rings. The lowest BCUT2D eigenvalue weighted by atomic mass is 10.1. The van der Waals surface area contributed by atoms with Crippen molar-refractivity contribution >= 4 is 17.5 Å². The van der Waals surface area contributed by atoms with Gasteiger partial charge in [-0.2, -0.15) is 0 Å². The van der Waals surface area contributed by atoms with Gasteiger partial charge in [-0.25, -0.2) is 0 Å². The summed E-state index contributed by atoms with van der Waals surface area (Å²) in [5.74, 6) is -0.165. The van der Waals surface area contributed by atoms with Crippen molar-refractivity contribution < 1.29 is 14.3 Å². The average Bonchev–Trinajstić information content (AvgIpc) is 2.35. The first-order chi connectivity index (χ1) is 8.91. The van der Waals surface area contributed by atoms with Crippen molar-refractivity contribution in [3.63, 3.8) is 0 Å². The van der Waals surface area contributed by atoms with Gasteiger partial charge in [0.2, 0.25) is 5.91 Å². The normalized spacial score (nSPS) is 10.0. The first-order valence-electron chi connectivity index (χ1n) is 5.94. The largest absolute Gasteiger partial charge is 0.493 e. The molecule has 0 fully saturated rings. The van der Waals surface area contributed by atoms with E-state index >= 15 is 0 Å². The van der Waals surface area contributed by atoms with E-state index in [0.717, 1.165) is 0 Å². The summed E-state index contributed by atoms with van der Waals surface area (Å²) in [6.07, 6.45) is 0.966. The maximum absolute atomic E-state index is 11.4. The average molecular weight is 265 g/mol. The molecule has 4 N–H and O–H groups in total. The number of hydrogen-bond donors (Lipinski definition) is 2. The van der Waals surface area contributed by atoms with E-state index in [1.165, 1.54) is 11.0 Å². The van der Waals surface area contributed by atoms with E-state index in [2.05, 4.69) is 0 Å². The monoisotopic (exact) mass is 265 g/mol. The predicted molar refractivity (Wildman–Crippen MR) is 72.8 cm³/mol. The van der Waals surface area contributed by atoms with Gasteiger partial charge < -0.3 is 21.1 Å². The highest BCUT2D eigenvalue weighted by Gasteiger charge is 2.10. The molecule has 104 valence electrons. The summed E-state index contributed by atoms with van der Waals surface area (Å²) in [5, 5.41) is 0. The first kappa shape index (κ1) is 14.8. The molecule has 6 heteroatoms. The number of carbonyl (C=O) groups excluding carboxylic acids is 2. The molecule has 1 rings (SSSR count). The van der Waals surface area contributed by atoms with Crippen LogP contribution in [0, 0.1) is 0 Å². The van der Waals surface area contributed by atoms with Crippen LogP contribution in [0.25, 0.3) is 0 Å². The van der Waals surface area contributed by atoms with Crippen molar-refractivity contribution in [3.8, 4) is 5.75 Å². The number of rotatable bonds is 6. The van der Waals surface area contributed by atoms with Crippen molar-refractivity contribution in [2.45, 2.75) is 12.8 Å². The van der Waals surface area contributed by atoms with Crippen LogP contribution in [0.2, 0.25) is 0 Å². The van der Waals surface area contributed by atoms with E-state index in [-0.39, 0.29) is 11.5 Å². The molecule has 0 unspecified atom stereocenters. The van der Waals surface area contributed by atoms with E-state index in [4.69, 9.17) is 16.2 Å². The van der Waals surface area contributed by atoms with Crippen LogP contribution < -0.4 is 16.2 Å². The molecule has 0 aliphatic heterocycles. The fourth-order valence-corrected chi connectivity index (χ4v) is 1.50. The van der Waals surface area contributed by atoms with Crippen LogP contribution in [0.15, 0.2) is 18.2 Å². The van der Waals surface area contributed by atoms with Gasteiger partial charge in [-0.05, 0) is 24.6 Å². The summed E-state index contributed by atoms with van der Waals surface area (Å²) >= 11 is 0. The number of nitrogens with two attached hydrogens (primary N) is 2. The number of benzene rings is 1. The van der Waals surface area contributed by atoms with Crippen LogP contribution in [-0.4, -0.2) is 37.4 Å². The van der Waals surface area contributed by atoms with E-state index in [1.54, 1.807) is 26.2 Å². The Labute approximate surface area is 112 Å². The molecule has 0 spiro atoms. The molecule has 19 heavy (non-hydrogen) atoms. The smallest absolute Gasteiger partial charge is 0.252 e. The third-order valence-electron chi connectivity index (χ3n) is 2.56. The van der Waals surface area contributed by atoms with E-state index in [1.807, 2.05) is 0 Å². The summed E-state index contributed by atoms with van der Waals surface area (Å²) in [6.45, 7) is 0.337. The standard InChI is InChI=1S/C13H19N3O3/c1-16(2)12(17)4-3-7-19-11-6-5-9(14)8-10(11)13(15)18/h5-6,8H,3-4,7,14H2,1-2H3,(H2,15,18). The van der Waals surface area contributed by atoms with E-state index in [0.29, 0.717) is 30.9 Å². The number of amides is 2. The maximum Gasteiger partial charge on any atom is 0.252 e. The van der Waals surface area contributed by atoms with Gasteiger partial charge >= 0.3 is 0 Å². The minimum atomic E-state index is -0.591. The number of hydrogen-bond acceptors (Lipinski definition) is 4. The fourth-order valence-electron chi connectivity index (χ4n) is 1.50. The van der Waals surface area contributed by atoms with Gasteiger partial charge in [0.05, 0.1) is 12.2 Å². The van der Waals surface area contributed by atoms with Crippen molar-refractivity contribution in [1.29, 1.82) is 0 Å². The molecule has 2 amide bonds. The second kappa shape index (κ2) is 6.63. The second-order valence-electron chi connectivity index (χ2n) is 4.36. The zero-order valence-corrected chi connectivity index (χ0v) is 11.2. The molecule has 0 atom stereocenters. The molecule has 0 bridgehead atoms. The van der Waals surface area contributed by atoms with Gasteiger partial charge in [-0.1, -0.05) is 0 Å². The third kappa shape index (κ3) is 4.50. The number of carbonyl (C=O) groups is 2. The van der Waals surface area contributed by atoms with Crippen LogP contribution in [0.3, 0.4) is 0 Å². The summed E-state index contributed by atoms with van der Waals surface area (Å²) < 4.78 is 5.46. The van der Waals surface area contributed by atoms with Crippen LogP contribution in [0.1, 0.15) is 23.2 Å². The molecule has 1 aromatic carbocycles. The maximum atomic E-state index is 11.4. The molecule has 0 heterocycles. The zero-order chi connectivity index (χ0) is 14.4. The Morgan fingerprint density at radius 2 is 2.00 bits per heavy atom. The van der Waals surface area contributed by atoms with Gasteiger partial charge in [0.25, 0.3) is 5.91 Å². The summed E-state index contributed by atoms with van der Waals surface area (Å²) in [5.41, 5.74) is 11.5. The van der Waals surface area contributed by atoms with Gasteiger partial charge in [0, 0.05) is 26.2 Å². The topological polar surface area (TPSA) is 98.7 Å². The number of primary amides is 1. The second-order valence-corrected chi connectivity index (χ2v) is 4.36. The minimum absolute atomic E-state index is 0.0380. The van der Waals surface area contributed by atoms with Crippen LogP contribution in [0.4, 0.5) is 5.69 Å². The molecule has 0 aromatic heterocycles. The Bertz CT molecular complexity index is 472. The van der Waals surface area contributed by atoms with Crippen LogP contribution >= 0.6 is 0 Å². The van der Waals surface area contributed by atoms with Gasteiger partial charge in [-0.15, -0.1) is 0 Å². The SMILES string of the molecule is CN(C)C(=O)CCCOc1ccc(N)cc1C(N)=O. The lowest BCUT2D eigenvalue weighted by molar-refractivity contribution is -0.128. The Kier molecular flexibility index (Phi) is 5.17. The van der Waals surface area contributed by atoms with Crippen molar-refractivity contribution in [2.75, 3.05) is 26.4 Å². The molecule has 1 aromatic rings. The Morgan fingerprint density at radius 1 is 1.32 bits per heavy atom. The predicted octanol–water partition coefficient (Wildman–Crippen LogP) is 0.615. The minimum Gasteiger partial charge on any atom is -0.493 e. The lowest BCUT2D eigenvalue weighted by Crippen LogP contribution is -2.22. The molecule has 0 saturated heterocycles. The highest BCUT2D eigenvalue weighted by molar-refractivity contribution is 5.96. The molecular weight excluding hydrogens is 246 g/mol. The quantitative estimate of drug-likeness (QED) is 0.581. The van der Waals surface area contributed by atoms with Gasteiger partial charge in [-0.3, -0.25) is 9.59 Å². The molecule has 0 aliphatic carbocycles. The highest BCUT2D eigenvalue weighted by atomic mass is 16.5. The molecule has 0 saturated carbocycles. The number of nitrogen functional groups attached to an aromatic ring is 1. The Morgan fingerprint density at radius 3 is 2.58 bits per heavy atom. The van der Waals surface area contributed by atoms with E-state index in [9.17, 15) is 9.59 Å². The number of nitrogens with zero attached hydrogens (tertiary/aromatic N) is 1. The summed E-state index contributed by atoms with van der Waals surface area (Å²) in [4.78, 5) is 24.1. The fraction of sp³-hybridized carbons (Fsp3) is 0.385. The zero-order valence-electron chi connectivity index (χ0n) is 11.2. The number of ether oxygens (including phenoxy) is 1. The first-order valence-corrected chi connectivity index (χ1v) is 5.94. The summed E-state index contributed by atoms with van der Waals surface area (Å²) in [6, 6.07) is 4.71. The Hall–Kier alpha value is -2.24. The molecule has 6 nitrogen and oxygen atoms in total. The molecular formula is C13H19N3O3. The number of anilines is 1. The van der Waals surface area contributed by atoms with Gasteiger partial charge in [0.1, 0.15) is 5.75 Å². The lowest BCUT2D eigenvalue weighted by Gasteiger charge is -2.12. The Balaban J connectivity index is 2.54. The third-order valence-corrected chi connectivity index (χ3v) is 2.56. The molecule has 0 radical (unpaired) electrons. The van der Waals surface area contributed by atoms with Gasteiger partial charge in [0.15, 0.2) is 0 Å². The van der Waals surface area contributed by atoms with Crippen molar-refractivity contribution in [3.05, 3.63) is 23.8 Å². The van der Waals surface area contributed by atoms with E-state index < -0.39 is 5.91 Å². The highest BCUT2D eigenvalue weighted by Crippen LogP contribution is 2.21. The van der Waals surface area contributed by atoms with Crippen LogP contribution in [-0.2, 0) is 4.79 Å². The van der Waals surface area contributed by atoms with Crippen molar-refractivity contribution in [1.82, 2.24) is 4.90 Å².